The van der Waals surface area contributed by atoms with Crippen molar-refractivity contribution in [3.8, 4) is 0 Å². The van der Waals surface area contributed by atoms with Gasteiger partial charge < -0.3 is 10.4 Å². The molecule has 5 nitrogen and oxygen atoms in total. The number of hydrogen-bond donors (Lipinski definition) is 2. The predicted molar refractivity (Wildman–Crippen MR) is 86.5 cm³/mol. The molecular weight excluding hydrogens is 294 g/mol. The van der Waals surface area contributed by atoms with E-state index in [-0.39, 0.29) is 31.1 Å². The van der Waals surface area contributed by atoms with Gasteiger partial charge in [-0.2, -0.15) is 0 Å². The summed E-state index contributed by atoms with van der Waals surface area (Å²) in [5.41, 5.74) is 2.20. The van der Waals surface area contributed by atoms with Crippen LogP contribution in [-0.2, 0) is 22.4 Å². The highest BCUT2D eigenvalue weighted by molar-refractivity contribution is 5.98. The monoisotopic (exact) mass is 317 g/mol. The first-order chi connectivity index (χ1) is 10.8. The highest BCUT2D eigenvalue weighted by atomic mass is 16.4. The second-order valence-electron chi connectivity index (χ2n) is 6.73. The SMILES string of the molecule is CC(C)(CNC(=O)CCC(=O)c1ccc2c(c1)CCC2)C(=O)O. The fourth-order valence-electron chi connectivity index (χ4n) is 2.60. The molecule has 0 aliphatic heterocycles. The van der Waals surface area contributed by atoms with Gasteiger partial charge in [-0.3, -0.25) is 14.4 Å². The highest BCUT2D eigenvalue weighted by Gasteiger charge is 2.27. The van der Waals surface area contributed by atoms with Gasteiger partial charge in [-0.05, 0) is 50.3 Å². The Kier molecular flexibility index (Phi) is 5.19. The van der Waals surface area contributed by atoms with Crippen molar-refractivity contribution in [2.75, 3.05) is 6.54 Å². The van der Waals surface area contributed by atoms with Gasteiger partial charge in [0.25, 0.3) is 0 Å². The summed E-state index contributed by atoms with van der Waals surface area (Å²) < 4.78 is 0. The number of carboxylic acid groups (broad SMARTS) is 1. The Morgan fingerprint density at radius 1 is 1.13 bits per heavy atom. The van der Waals surface area contributed by atoms with Crippen molar-refractivity contribution in [3.05, 3.63) is 34.9 Å². The van der Waals surface area contributed by atoms with Gasteiger partial charge in [0, 0.05) is 24.9 Å². The molecule has 1 aliphatic rings. The maximum Gasteiger partial charge on any atom is 0.310 e. The molecule has 0 radical (unpaired) electrons. The number of benzene rings is 1. The number of Topliss-reactive ketones (excluding diaryl/α,β-unsaturated/α-hetero) is 1. The van der Waals surface area contributed by atoms with Gasteiger partial charge in [0.1, 0.15) is 0 Å². The minimum atomic E-state index is -1.01. The van der Waals surface area contributed by atoms with Gasteiger partial charge in [0.15, 0.2) is 5.78 Å². The molecule has 1 aliphatic carbocycles. The molecule has 1 amide bonds. The first-order valence-electron chi connectivity index (χ1n) is 7.95. The third-order valence-electron chi connectivity index (χ3n) is 4.31. The van der Waals surface area contributed by atoms with E-state index in [0.29, 0.717) is 5.56 Å². The van der Waals surface area contributed by atoms with Crippen molar-refractivity contribution in [2.45, 2.75) is 46.0 Å². The molecule has 0 bridgehead atoms. The number of hydrogen-bond acceptors (Lipinski definition) is 3. The molecule has 124 valence electrons. The minimum absolute atomic E-state index is 0.0488. The topological polar surface area (TPSA) is 83.5 Å². The summed E-state index contributed by atoms with van der Waals surface area (Å²) >= 11 is 0. The molecule has 0 saturated carbocycles. The Balaban J connectivity index is 1.82. The lowest BCUT2D eigenvalue weighted by Gasteiger charge is -2.19. The van der Waals surface area contributed by atoms with Crippen molar-refractivity contribution in [3.63, 3.8) is 0 Å². The van der Waals surface area contributed by atoms with Gasteiger partial charge in [0.05, 0.1) is 5.41 Å². The maximum absolute atomic E-state index is 12.2. The standard InChI is InChI=1S/C18H23NO4/c1-18(2,17(22)23)11-19-16(21)9-8-15(20)14-7-6-12-4-3-5-13(12)10-14/h6-7,10H,3-5,8-9,11H2,1-2H3,(H,19,21)(H,22,23). The molecule has 0 unspecified atom stereocenters. The lowest BCUT2D eigenvalue weighted by Crippen LogP contribution is -2.38. The van der Waals surface area contributed by atoms with Gasteiger partial charge in [0.2, 0.25) is 5.91 Å². The van der Waals surface area contributed by atoms with Crippen molar-refractivity contribution in [1.82, 2.24) is 5.32 Å². The number of amides is 1. The molecule has 2 N–H and O–H groups in total. The number of carboxylic acids is 1. The molecule has 1 aromatic rings. The minimum Gasteiger partial charge on any atom is -0.481 e. The van der Waals surface area contributed by atoms with Crippen LogP contribution in [0.25, 0.3) is 0 Å². The summed E-state index contributed by atoms with van der Waals surface area (Å²) in [6, 6.07) is 5.78. The average molecular weight is 317 g/mol. The molecule has 5 heteroatoms. The van der Waals surface area contributed by atoms with Gasteiger partial charge in [-0.15, -0.1) is 0 Å². The van der Waals surface area contributed by atoms with Crippen LogP contribution in [0.15, 0.2) is 18.2 Å². The van der Waals surface area contributed by atoms with E-state index < -0.39 is 11.4 Å². The van der Waals surface area contributed by atoms with Crippen molar-refractivity contribution in [1.29, 1.82) is 0 Å². The van der Waals surface area contributed by atoms with Crippen LogP contribution < -0.4 is 5.32 Å². The number of carbonyl (C=O) groups is 3. The molecule has 2 rings (SSSR count). The van der Waals surface area contributed by atoms with Crippen LogP contribution >= 0.6 is 0 Å². The zero-order chi connectivity index (χ0) is 17.0. The van der Waals surface area contributed by atoms with E-state index in [9.17, 15) is 14.4 Å². The normalized spacial score (nSPS) is 13.5. The summed E-state index contributed by atoms with van der Waals surface area (Å²) in [6.07, 6.45) is 3.44. The molecule has 0 saturated heterocycles. The van der Waals surface area contributed by atoms with E-state index in [1.807, 2.05) is 18.2 Å². The molecule has 0 spiro atoms. The number of nitrogens with one attached hydrogen (secondary N) is 1. The van der Waals surface area contributed by atoms with Crippen LogP contribution in [0.1, 0.15) is 54.6 Å². The number of ketones is 1. The Bertz CT molecular complexity index is 634. The molecule has 0 aromatic heterocycles. The van der Waals surface area contributed by atoms with Crippen LogP contribution in [0, 0.1) is 5.41 Å². The van der Waals surface area contributed by atoms with E-state index >= 15 is 0 Å². The van der Waals surface area contributed by atoms with Crippen molar-refractivity contribution in [2.24, 2.45) is 5.41 Å². The van der Waals surface area contributed by atoms with Crippen molar-refractivity contribution >= 4 is 17.7 Å². The van der Waals surface area contributed by atoms with Crippen LogP contribution in [0.5, 0.6) is 0 Å². The van der Waals surface area contributed by atoms with E-state index in [2.05, 4.69) is 5.32 Å². The summed E-state index contributed by atoms with van der Waals surface area (Å²) in [5.74, 6) is -1.31. The zero-order valence-corrected chi connectivity index (χ0v) is 13.6. The summed E-state index contributed by atoms with van der Waals surface area (Å²) in [6.45, 7) is 3.14. The van der Waals surface area contributed by atoms with E-state index in [1.54, 1.807) is 13.8 Å². The van der Waals surface area contributed by atoms with Crippen LogP contribution in [0.4, 0.5) is 0 Å². The molecular formula is C18H23NO4. The fourth-order valence-corrected chi connectivity index (χ4v) is 2.60. The molecule has 1 aromatic carbocycles. The Hall–Kier alpha value is -2.17. The van der Waals surface area contributed by atoms with Crippen molar-refractivity contribution < 1.29 is 19.5 Å². The van der Waals surface area contributed by atoms with Crippen LogP contribution in [-0.4, -0.2) is 29.3 Å². The fraction of sp³-hybridized carbons (Fsp3) is 0.500. The first-order valence-corrected chi connectivity index (χ1v) is 7.95. The molecule has 0 heterocycles. The van der Waals surface area contributed by atoms with Gasteiger partial charge in [-0.25, -0.2) is 0 Å². The molecule has 0 fully saturated rings. The van der Waals surface area contributed by atoms with E-state index in [1.165, 1.54) is 11.1 Å². The second kappa shape index (κ2) is 6.94. The van der Waals surface area contributed by atoms with Gasteiger partial charge in [-0.1, -0.05) is 12.1 Å². The summed E-state index contributed by atoms with van der Waals surface area (Å²) in [5, 5.41) is 11.6. The summed E-state index contributed by atoms with van der Waals surface area (Å²) in [4.78, 5) is 34.9. The molecule has 23 heavy (non-hydrogen) atoms. The van der Waals surface area contributed by atoms with Crippen LogP contribution in [0.2, 0.25) is 0 Å². The maximum atomic E-state index is 12.2. The van der Waals surface area contributed by atoms with E-state index in [4.69, 9.17) is 5.11 Å². The lowest BCUT2D eigenvalue weighted by molar-refractivity contribution is -0.146. The Labute approximate surface area is 136 Å². The number of fused-ring (bicyclic) bond motifs is 1. The van der Waals surface area contributed by atoms with E-state index in [0.717, 1.165) is 19.3 Å². The zero-order valence-electron chi connectivity index (χ0n) is 13.6. The number of aryl methyl sites for hydroxylation is 2. The summed E-state index contributed by atoms with van der Waals surface area (Å²) in [7, 11) is 0. The average Bonchev–Trinajstić information content (AvgIpc) is 2.97. The highest BCUT2D eigenvalue weighted by Crippen LogP contribution is 2.23. The van der Waals surface area contributed by atoms with Gasteiger partial charge >= 0.3 is 5.97 Å². The smallest absolute Gasteiger partial charge is 0.310 e. The number of rotatable bonds is 7. The lowest BCUT2D eigenvalue weighted by atomic mass is 9.94. The third-order valence-corrected chi connectivity index (χ3v) is 4.31. The quantitative estimate of drug-likeness (QED) is 0.756. The number of aliphatic carboxylic acids is 1. The second-order valence-corrected chi connectivity index (χ2v) is 6.73. The third kappa shape index (κ3) is 4.41. The largest absolute Gasteiger partial charge is 0.481 e. The van der Waals surface area contributed by atoms with Crippen LogP contribution in [0.3, 0.4) is 0 Å². The Morgan fingerprint density at radius 2 is 1.83 bits per heavy atom. The predicted octanol–water partition coefficient (Wildman–Crippen LogP) is 2.37. The molecule has 0 atom stereocenters. The number of carbonyl (C=O) groups excluding carboxylic acids is 2. The Morgan fingerprint density at radius 3 is 2.52 bits per heavy atom. The first kappa shape index (κ1) is 17.2.